The Hall–Kier alpha value is -2.87. The first-order chi connectivity index (χ1) is 11.0. The van der Waals surface area contributed by atoms with Crippen LogP contribution in [0.25, 0.3) is 0 Å². The smallest absolute Gasteiger partial charge is 0.270 e. The molecule has 8 heteroatoms. The first-order valence-electron chi connectivity index (χ1n) is 6.65. The number of benzene rings is 2. The summed E-state index contributed by atoms with van der Waals surface area (Å²) in [4.78, 5) is 34.7. The Kier molecular flexibility index (Phi) is 3.98. The molecule has 1 heterocycles. The lowest BCUT2D eigenvalue weighted by atomic mass is 10.2. The van der Waals surface area contributed by atoms with Crippen molar-refractivity contribution in [1.82, 2.24) is 0 Å². The number of rotatable bonds is 3. The highest BCUT2D eigenvalue weighted by molar-refractivity contribution is 8.00. The number of nitro benzene ring substituents is 1. The fraction of sp³-hybridized carbons (Fsp3) is 0.0667. The quantitative estimate of drug-likeness (QED) is 0.666. The molecular weight excluding hydrogens is 318 g/mol. The van der Waals surface area contributed by atoms with E-state index >= 15 is 0 Å². The van der Waals surface area contributed by atoms with Crippen molar-refractivity contribution >= 4 is 40.6 Å². The van der Waals surface area contributed by atoms with Crippen molar-refractivity contribution in [2.45, 2.75) is 4.90 Å². The number of anilines is 2. The molecule has 0 saturated carbocycles. The second-order valence-electron chi connectivity index (χ2n) is 4.81. The molecule has 3 rings (SSSR count). The Morgan fingerprint density at radius 3 is 2.87 bits per heavy atom. The number of amides is 2. The van der Waals surface area contributed by atoms with Crippen molar-refractivity contribution < 1.29 is 14.5 Å². The van der Waals surface area contributed by atoms with E-state index in [0.717, 1.165) is 4.90 Å². The van der Waals surface area contributed by atoms with Crippen molar-refractivity contribution in [1.29, 1.82) is 0 Å². The fourth-order valence-corrected chi connectivity index (χ4v) is 2.91. The van der Waals surface area contributed by atoms with Crippen LogP contribution in [0.2, 0.25) is 0 Å². The van der Waals surface area contributed by atoms with Gasteiger partial charge in [-0.3, -0.25) is 19.7 Å². The molecule has 0 aliphatic carbocycles. The molecule has 116 valence electrons. The van der Waals surface area contributed by atoms with Crippen LogP contribution in [0.1, 0.15) is 10.4 Å². The molecule has 0 bridgehead atoms. The van der Waals surface area contributed by atoms with Gasteiger partial charge in [0.2, 0.25) is 5.91 Å². The molecule has 0 unspecified atom stereocenters. The summed E-state index contributed by atoms with van der Waals surface area (Å²) >= 11 is 1.43. The van der Waals surface area contributed by atoms with E-state index in [9.17, 15) is 19.7 Å². The number of hydrogen-bond acceptors (Lipinski definition) is 5. The highest BCUT2D eigenvalue weighted by atomic mass is 32.2. The summed E-state index contributed by atoms with van der Waals surface area (Å²) in [5, 5.41) is 16.2. The maximum absolute atomic E-state index is 12.2. The number of nitrogens with zero attached hydrogens (tertiary/aromatic N) is 1. The van der Waals surface area contributed by atoms with Crippen LogP contribution in [-0.2, 0) is 4.79 Å². The molecule has 2 N–H and O–H groups in total. The van der Waals surface area contributed by atoms with E-state index in [1.165, 1.54) is 36.0 Å². The molecule has 0 atom stereocenters. The minimum absolute atomic E-state index is 0.0929. The van der Waals surface area contributed by atoms with Crippen LogP contribution >= 0.6 is 11.8 Å². The molecule has 2 aromatic rings. The second-order valence-corrected chi connectivity index (χ2v) is 5.83. The highest BCUT2D eigenvalue weighted by Gasteiger charge is 2.17. The molecule has 0 spiro atoms. The van der Waals surface area contributed by atoms with Gasteiger partial charge in [0.25, 0.3) is 11.6 Å². The van der Waals surface area contributed by atoms with Crippen LogP contribution in [0, 0.1) is 10.1 Å². The van der Waals surface area contributed by atoms with Crippen LogP contribution in [0.3, 0.4) is 0 Å². The number of hydrogen-bond donors (Lipinski definition) is 2. The predicted molar refractivity (Wildman–Crippen MR) is 86.8 cm³/mol. The molecule has 0 saturated heterocycles. The van der Waals surface area contributed by atoms with Crippen LogP contribution in [0.15, 0.2) is 47.4 Å². The minimum Gasteiger partial charge on any atom is -0.324 e. The number of nitrogens with one attached hydrogen (secondary N) is 2. The van der Waals surface area contributed by atoms with Crippen molar-refractivity contribution in [2.24, 2.45) is 0 Å². The lowest BCUT2D eigenvalue weighted by molar-refractivity contribution is -0.384. The Morgan fingerprint density at radius 2 is 2.09 bits per heavy atom. The molecule has 0 aromatic heterocycles. The number of fused-ring (bicyclic) bond motifs is 1. The third-order valence-corrected chi connectivity index (χ3v) is 4.26. The SMILES string of the molecule is O=C1CSc2ccc(NC(=O)c3cccc([N+](=O)[O-])c3)cc2N1. The summed E-state index contributed by atoms with van der Waals surface area (Å²) in [6.07, 6.45) is 0. The zero-order valence-electron chi connectivity index (χ0n) is 11.7. The normalized spacial score (nSPS) is 13.0. The summed E-state index contributed by atoms with van der Waals surface area (Å²) in [6, 6.07) is 10.7. The minimum atomic E-state index is -0.553. The average molecular weight is 329 g/mol. The number of nitro groups is 1. The number of carbonyl (C=O) groups is 2. The summed E-state index contributed by atoms with van der Waals surface area (Å²) < 4.78 is 0. The van der Waals surface area contributed by atoms with E-state index < -0.39 is 10.8 Å². The van der Waals surface area contributed by atoms with E-state index in [0.29, 0.717) is 17.1 Å². The van der Waals surface area contributed by atoms with Gasteiger partial charge >= 0.3 is 0 Å². The van der Waals surface area contributed by atoms with Crippen LogP contribution in [-0.4, -0.2) is 22.5 Å². The molecule has 2 aromatic carbocycles. The number of carbonyl (C=O) groups excluding carboxylic acids is 2. The summed E-state index contributed by atoms with van der Waals surface area (Å²) in [5.74, 6) is -0.181. The van der Waals surface area contributed by atoms with Gasteiger partial charge in [0.15, 0.2) is 0 Å². The lowest BCUT2D eigenvalue weighted by Crippen LogP contribution is -2.19. The van der Waals surface area contributed by atoms with Crippen LogP contribution in [0.4, 0.5) is 17.1 Å². The lowest BCUT2D eigenvalue weighted by Gasteiger charge is -2.17. The van der Waals surface area contributed by atoms with Gasteiger partial charge in [-0.1, -0.05) is 6.07 Å². The van der Waals surface area contributed by atoms with Gasteiger partial charge in [-0.05, 0) is 24.3 Å². The fourth-order valence-electron chi connectivity index (χ4n) is 2.12. The largest absolute Gasteiger partial charge is 0.324 e. The monoisotopic (exact) mass is 329 g/mol. The van der Waals surface area contributed by atoms with Gasteiger partial charge in [0.05, 0.1) is 16.4 Å². The molecule has 7 nitrogen and oxygen atoms in total. The predicted octanol–water partition coefficient (Wildman–Crippen LogP) is 2.89. The molecule has 0 fully saturated rings. The Labute approximate surface area is 135 Å². The van der Waals surface area contributed by atoms with Gasteiger partial charge in [-0.2, -0.15) is 0 Å². The topological polar surface area (TPSA) is 101 Å². The number of non-ortho nitro benzene ring substituents is 1. The van der Waals surface area contributed by atoms with Crippen molar-refractivity contribution in [3.8, 4) is 0 Å². The Morgan fingerprint density at radius 1 is 1.26 bits per heavy atom. The first-order valence-corrected chi connectivity index (χ1v) is 7.64. The van der Waals surface area contributed by atoms with E-state index in [1.54, 1.807) is 12.1 Å². The summed E-state index contributed by atoms with van der Waals surface area (Å²) in [6.45, 7) is 0. The standard InChI is InChI=1S/C15H11N3O4S/c19-14-8-23-13-5-4-10(7-12(13)17-14)16-15(20)9-2-1-3-11(6-9)18(21)22/h1-7H,8H2,(H,16,20)(H,17,19). The molecule has 23 heavy (non-hydrogen) atoms. The molecule has 1 aliphatic heterocycles. The zero-order chi connectivity index (χ0) is 16.4. The third kappa shape index (κ3) is 3.32. The maximum Gasteiger partial charge on any atom is 0.270 e. The molecule has 1 aliphatic rings. The van der Waals surface area contributed by atoms with E-state index in [1.807, 2.05) is 6.07 Å². The van der Waals surface area contributed by atoms with Gasteiger partial charge < -0.3 is 10.6 Å². The van der Waals surface area contributed by atoms with E-state index in [4.69, 9.17) is 0 Å². The van der Waals surface area contributed by atoms with Crippen LogP contribution in [0.5, 0.6) is 0 Å². The Balaban J connectivity index is 1.80. The van der Waals surface area contributed by atoms with Crippen LogP contribution < -0.4 is 10.6 Å². The van der Waals surface area contributed by atoms with Gasteiger partial charge in [0, 0.05) is 28.3 Å². The third-order valence-electron chi connectivity index (χ3n) is 3.19. The van der Waals surface area contributed by atoms with Gasteiger partial charge in [-0.15, -0.1) is 11.8 Å². The zero-order valence-corrected chi connectivity index (χ0v) is 12.6. The summed E-state index contributed by atoms with van der Waals surface area (Å²) in [5.41, 5.74) is 1.19. The molecular formula is C15H11N3O4S. The summed E-state index contributed by atoms with van der Waals surface area (Å²) in [7, 11) is 0. The van der Waals surface area contributed by atoms with Gasteiger partial charge in [-0.25, -0.2) is 0 Å². The molecule has 2 amide bonds. The van der Waals surface area contributed by atoms with Crippen molar-refractivity contribution in [3.63, 3.8) is 0 Å². The Bertz CT molecular complexity index is 822. The highest BCUT2D eigenvalue weighted by Crippen LogP contribution is 2.33. The second kappa shape index (κ2) is 6.09. The van der Waals surface area contributed by atoms with E-state index in [-0.39, 0.29) is 17.2 Å². The van der Waals surface area contributed by atoms with Crippen molar-refractivity contribution in [3.05, 3.63) is 58.1 Å². The van der Waals surface area contributed by atoms with Gasteiger partial charge in [0.1, 0.15) is 0 Å². The first kappa shape index (κ1) is 15.0. The van der Waals surface area contributed by atoms with Crippen molar-refractivity contribution in [2.75, 3.05) is 16.4 Å². The average Bonchev–Trinajstić information content (AvgIpc) is 2.54. The molecule has 0 radical (unpaired) electrons. The van der Waals surface area contributed by atoms with E-state index in [2.05, 4.69) is 10.6 Å². The number of thioether (sulfide) groups is 1. The maximum atomic E-state index is 12.2.